The van der Waals surface area contributed by atoms with Crippen LogP contribution in [0, 0.1) is 24.5 Å². The molecule has 0 radical (unpaired) electrons. The van der Waals surface area contributed by atoms with Gasteiger partial charge in [-0.05, 0) is 113 Å². The first-order valence-electron chi connectivity index (χ1n) is 26.3. The van der Waals surface area contributed by atoms with Crippen molar-refractivity contribution in [3.05, 3.63) is 127 Å². The number of aromatic nitrogens is 5. The minimum Gasteiger partial charge on any atom is -0.388 e. The van der Waals surface area contributed by atoms with E-state index in [0.717, 1.165) is 97.6 Å². The molecule has 18 heteroatoms. The largest absolute Gasteiger partial charge is 0.388 e. The summed E-state index contributed by atoms with van der Waals surface area (Å²) in [4.78, 5) is 79.0. The van der Waals surface area contributed by atoms with E-state index in [1.54, 1.807) is 40.7 Å². The number of imidazole rings is 1. The maximum absolute atomic E-state index is 16.2. The van der Waals surface area contributed by atoms with Gasteiger partial charge in [0.15, 0.2) is 0 Å². The zero-order chi connectivity index (χ0) is 51.7. The summed E-state index contributed by atoms with van der Waals surface area (Å²) >= 11 is 0. The molecular weight excluding hydrogens is 945 g/mol. The number of anilines is 1. The molecule has 4 aliphatic heterocycles. The summed E-state index contributed by atoms with van der Waals surface area (Å²) in [7, 11) is 3.78. The number of pyridine rings is 2. The average Bonchev–Trinajstić information content (AvgIpc) is 4.12. The Kier molecular flexibility index (Phi) is 13.3. The summed E-state index contributed by atoms with van der Waals surface area (Å²) < 4.78 is 38.9. The fourth-order valence-electron chi connectivity index (χ4n) is 12.3. The van der Waals surface area contributed by atoms with Crippen LogP contribution in [0.15, 0.2) is 76.6 Å². The van der Waals surface area contributed by atoms with E-state index in [-0.39, 0.29) is 59.8 Å². The summed E-state index contributed by atoms with van der Waals surface area (Å²) in [5, 5.41) is 6.25. The van der Waals surface area contributed by atoms with E-state index in [1.165, 1.54) is 16.7 Å². The van der Waals surface area contributed by atoms with Crippen molar-refractivity contribution in [2.24, 2.45) is 13.0 Å². The van der Waals surface area contributed by atoms with Gasteiger partial charge in [-0.15, -0.1) is 0 Å². The lowest BCUT2D eigenvalue weighted by Gasteiger charge is -2.42. The fraction of sp³-hybridized carbons (Fsp3) is 0.464. The maximum Gasteiger partial charge on any atom is 0.330 e. The molecule has 0 spiro atoms. The van der Waals surface area contributed by atoms with Crippen LogP contribution in [0.5, 0.6) is 0 Å². The topological polar surface area (TPSA) is 155 Å². The van der Waals surface area contributed by atoms with E-state index in [4.69, 9.17) is 0 Å². The number of benzene rings is 2. The zero-order valence-electron chi connectivity index (χ0n) is 42.9. The molecule has 16 nitrogen and oxygen atoms in total. The number of amides is 3. The molecule has 4 fully saturated rings. The zero-order valence-corrected chi connectivity index (χ0v) is 42.9. The Balaban J connectivity index is 0.684. The molecule has 2 aromatic carbocycles. The van der Waals surface area contributed by atoms with Crippen LogP contribution < -0.4 is 21.9 Å². The lowest BCUT2D eigenvalue weighted by molar-refractivity contribution is -0.135. The first kappa shape index (κ1) is 49.5. The second-order valence-electron chi connectivity index (χ2n) is 21.3. The number of nitrogens with one attached hydrogen (secondary N) is 2. The maximum atomic E-state index is 16.2. The van der Waals surface area contributed by atoms with Crippen molar-refractivity contribution in [3.8, 4) is 5.69 Å². The Bertz CT molecular complexity index is 3360. The highest BCUT2D eigenvalue weighted by Crippen LogP contribution is 2.39. The van der Waals surface area contributed by atoms with Crippen molar-refractivity contribution in [2.75, 3.05) is 64.7 Å². The van der Waals surface area contributed by atoms with Crippen LogP contribution in [-0.4, -0.2) is 126 Å². The highest BCUT2D eigenvalue weighted by Gasteiger charge is 2.37. The molecule has 3 saturated heterocycles. The van der Waals surface area contributed by atoms with Crippen molar-refractivity contribution < 1.29 is 23.2 Å². The van der Waals surface area contributed by atoms with Gasteiger partial charge in [-0.1, -0.05) is 6.08 Å². The molecule has 1 saturated carbocycles. The Morgan fingerprint density at radius 1 is 0.892 bits per heavy atom. The lowest BCUT2D eigenvalue weighted by Crippen LogP contribution is -2.53. The van der Waals surface area contributed by atoms with Crippen LogP contribution in [0.4, 0.5) is 14.5 Å². The SMILES string of the molecule is CNc1ccn(-c2ccnc3c2cc([C@H](C)N2CC=C(c4c(C)cc(C(=O)N5CCC(CN6CCN(Cc7cc8c(cc7F)n(C7CCC(=O)NC7=O)c(=O)n8C7CC7)C[C@@H]6C)CC5)cc4F)CC2)n3C)c(=O)c1. The molecule has 5 aliphatic rings. The van der Waals surface area contributed by atoms with Gasteiger partial charge in [0.2, 0.25) is 11.8 Å². The van der Waals surface area contributed by atoms with Gasteiger partial charge in [-0.25, -0.2) is 18.6 Å². The van der Waals surface area contributed by atoms with Crippen molar-refractivity contribution in [1.82, 2.24) is 48.2 Å². The molecule has 1 unspecified atom stereocenters. The average molecular weight is 1010 g/mol. The standard InChI is InChI=1S/C56H65F2N11O5/c1-33-24-38(25-44(58)52(33)37-13-19-64(20-14-37)35(3)47-28-42-45(10-16-60-53(42)62(47)5)67-21-15-40(59-4)27-51(67)71)55(73)65-17-11-36(12-18-65)31-66-23-22-63(30-34(66)2)32-39-26-48-49(29-43(39)57)69(56(74)68(48)41-6-7-41)46-8-9-50(70)61-54(46)72/h10,13,15-16,21,24-29,34-36,41,46,59H,6-9,11-12,14,17-20,22-23,30-32H2,1-5H3,(H,61,70,72)/t34-,35-,46?/m0/s1. The van der Waals surface area contributed by atoms with Gasteiger partial charge in [-0.2, -0.15) is 0 Å². The molecule has 3 amide bonds. The Morgan fingerprint density at radius 3 is 2.36 bits per heavy atom. The van der Waals surface area contributed by atoms with Gasteiger partial charge in [0.25, 0.3) is 11.5 Å². The number of piperazine rings is 1. The van der Waals surface area contributed by atoms with Crippen LogP contribution in [0.25, 0.3) is 33.3 Å². The highest BCUT2D eigenvalue weighted by atomic mass is 19.1. The number of halogens is 2. The first-order chi connectivity index (χ1) is 35.6. The number of aryl methyl sites for hydroxylation is 2. The second kappa shape index (κ2) is 19.8. The van der Waals surface area contributed by atoms with E-state index >= 15 is 8.78 Å². The van der Waals surface area contributed by atoms with Crippen LogP contribution in [-0.2, 0) is 23.2 Å². The third-order valence-electron chi connectivity index (χ3n) is 16.6. The fourth-order valence-corrected chi connectivity index (χ4v) is 12.3. The summed E-state index contributed by atoms with van der Waals surface area (Å²) in [6.07, 6.45) is 10.00. The van der Waals surface area contributed by atoms with Crippen molar-refractivity contribution in [3.63, 3.8) is 0 Å². The Hall–Kier alpha value is -6.76. The number of hydrogen-bond acceptors (Lipinski definition) is 10. The summed E-state index contributed by atoms with van der Waals surface area (Å²) in [5.74, 6) is -1.43. The molecule has 11 rings (SSSR count). The van der Waals surface area contributed by atoms with Crippen LogP contribution in [0.2, 0.25) is 0 Å². The summed E-state index contributed by atoms with van der Waals surface area (Å²) in [6, 6.07) is 13.3. The minimum absolute atomic E-state index is 0.0160. The highest BCUT2D eigenvalue weighted by molar-refractivity contribution is 6.00. The number of carbonyl (C=O) groups excluding carboxylic acids is 3. The Labute approximate surface area is 428 Å². The van der Waals surface area contributed by atoms with E-state index in [9.17, 15) is 24.0 Å². The molecule has 3 atom stereocenters. The summed E-state index contributed by atoms with van der Waals surface area (Å²) in [5.41, 5.74) is 7.06. The van der Waals surface area contributed by atoms with Crippen LogP contribution >= 0.6 is 0 Å². The quantitative estimate of drug-likeness (QED) is 0.127. The second-order valence-corrected chi connectivity index (χ2v) is 21.3. The number of fused-ring (bicyclic) bond motifs is 2. The van der Waals surface area contributed by atoms with Crippen molar-refractivity contribution in [1.29, 1.82) is 0 Å². The number of likely N-dealkylation sites (tertiary alicyclic amines) is 1. The predicted molar refractivity (Wildman–Crippen MR) is 280 cm³/mol. The van der Waals surface area contributed by atoms with Crippen molar-refractivity contribution >= 4 is 51.0 Å². The number of piperidine rings is 2. The molecule has 4 aromatic heterocycles. The molecular formula is C56H65F2N11O5. The van der Waals surface area contributed by atoms with Gasteiger partial charge >= 0.3 is 5.69 Å². The van der Waals surface area contributed by atoms with Gasteiger partial charge in [-0.3, -0.25) is 52.9 Å². The van der Waals surface area contributed by atoms with E-state index in [1.807, 2.05) is 37.1 Å². The predicted octanol–water partition coefficient (Wildman–Crippen LogP) is 6.69. The van der Waals surface area contributed by atoms with Gasteiger partial charge in [0.05, 0.1) is 16.7 Å². The van der Waals surface area contributed by atoms with Crippen molar-refractivity contribution in [2.45, 2.75) is 96.4 Å². The van der Waals surface area contributed by atoms with E-state index in [0.29, 0.717) is 66.2 Å². The van der Waals surface area contributed by atoms with Crippen LogP contribution in [0.1, 0.15) is 110 Å². The van der Waals surface area contributed by atoms with Gasteiger partial charge in [0.1, 0.15) is 23.3 Å². The minimum atomic E-state index is -0.862. The van der Waals surface area contributed by atoms with E-state index in [2.05, 4.69) is 60.9 Å². The molecule has 6 aromatic rings. The molecule has 8 heterocycles. The monoisotopic (exact) mass is 1010 g/mol. The number of carbonyl (C=O) groups is 3. The van der Waals surface area contributed by atoms with E-state index < -0.39 is 17.8 Å². The molecule has 0 bridgehead atoms. The Morgan fingerprint density at radius 2 is 1.68 bits per heavy atom. The number of imide groups is 1. The molecule has 1 aliphatic carbocycles. The van der Waals surface area contributed by atoms with Crippen LogP contribution in [0.3, 0.4) is 0 Å². The number of nitrogens with zero attached hydrogens (tertiary/aromatic N) is 9. The third-order valence-corrected chi connectivity index (χ3v) is 16.6. The lowest BCUT2D eigenvalue weighted by atomic mass is 9.92. The normalized spacial score (nSPS) is 21.1. The third kappa shape index (κ3) is 9.18. The van der Waals surface area contributed by atoms with Gasteiger partial charge in [0, 0.05) is 156 Å². The van der Waals surface area contributed by atoms with Gasteiger partial charge < -0.3 is 14.8 Å². The summed E-state index contributed by atoms with van der Waals surface area (Å²) in [6.45, 7) is 12.4. The molecule has 388 valence electrons. The number of hydrogen-bond donors (Lipinski definition) is 2. The first-order valence-corrected chi connectivity index (χ1v) is 26.3. The number of rotatable bonds is 12. The molecule has 2 N–H and O–H groups in total. The molecule has 74 heavy (non-hydrogen) atoms. The smallest absolute Gasteiger partial charge is 0.330 e.